The second-order valence-electron chi connectivity index (χ2n) is 4.96. The summed E-state index contributed by atoms with van der Waals surface area (Å²) in [6.07, 6.45) is 0. The average Bonchev–Trinajstić information content (AvgIpc) is 1.25. The molecule has 0 N–H and O–H groups in total. The van der Waals surface area contributed by atoms with Crippen molar-refractivity contribution in [2.75, 3.05) is 0 Å². The van der Waals surface area contributed by atoms with Crippen molar-refractivity contribution < 1.29 is 18.9 Å². The molecular formula is C6H18BLiSi. The van der Waals surface area contributed by atoms with Crippen LogP contribution in [0.5, 0.6) is 0 Å². The second-order valence-corrected chi connectivity index (χ2v) is 11.4. The van der Waals surface area contributed by atoms with Crippen molar-refractivity contribution in [2.24, 2.45) is 0 Å². The molecule has 0 bridgehead atoms. The van der Waals surface area contributed by atoms with E-state index in [1.54, 1.807) is 0 Å². The first-order chi connectivity index (χ1) is 3.25. The van der Waals surface area contributed by atoms with Crippen molar-refractivity contribution in [2.45, 2.75) is 40.1 Å². The summed E-state index contributed by atoms with van der Waals surface area (Å²) in [5, 5.41) is 0. The minimum Gasteiger partial charge on any atom is -0.192 e. The molecule has 0 aliphatic rings. The van der Waals surface area contributed by atoms with Crippen molar-refractivity contribution in [3.8, 4) is 0 Å². The molecule has 9 heavy (non-hydrogen) atoms. The van der Waals surface area contributed by atoms with Gasteiger partial charge in [-0.1, -0.05) is 19.6 Å². The van der Waals surface area contributed by atoms with Gasteiger partial charge in [0.1, 0.15) is 0 Å². The van der Waals surface area contributed by atoms with Crippen LogP contribution in [-0.4, -0.2) is 13.7 Å². The molecule has 0 spiro atoms. The van der Waals surface area contributed by atoms with Crippen LogP contribution in [0.3, 0.4) is 0 Å². The van der Waals surface area contributed by atoms with Crippen molar-refractivity contribution in [3.63, 3.8) is 0 Å². The van der Waals surface area contributed by atoms with E-state index in [1.807, 2.05) is 0 Å². The molecule has 0 heterocycles. The molecule has 0 aromatic rings. The van der Waals surface area contributed by atoms with Gasteiger partial charge >= 0.3 is 18.9 Å². The van der Waals surface area contributed by atoms with Crippen molar-refractivity contribution in [1.29, 1.82) is 0 Å². The topological polar surface area (TPSA) is 0 Å². The zero-order valence-electron chi connectivity index (χ0n) is 8.08. The van der Waals surface area contributed by atoms with E-state index in [-0.39, 0.29) is 24.6 Å². The second kappa shape index (κ2) is 3.32. The summed E-state index contributed by atoms with van der Waals surface area (Å²) in [7, 11) is -0.796. The third kappa shape index (κ3) is 4.31. The quantitative estimate of drug-likeness (QED) is 0.436. The van der Waals surface area contributed by atoms with E-state index in [0.717, 1.165) is 0 Å². The molecule has 0 aliphatic carbocycles. The van der Waals surface area contributed by atoms with Gasteiger partial charge in [0.2, 0.25) is 0 Å². The zero-order chi connectivity index (χ0) is 7.00. The Morgan fingerprint density at radius 1 is 0.889 bits per heavy atom. The molecule has 0 nitrogen and oxygen atoms in total. The van der Waals surface area contributed by atoms with Gasteiger partial charge in [0.15, 0.2) is 0 Å². The summed E-state index contributed by atoms with van der Waals surface area (Å²) in [5.74, 6) is 0. The maximum absolute atomic E-state index is 2.44. The maximum atomic E-state index is 2.44. The molecule has 0 unspecified atom stereocenters. The smallest absolute Gasteiger partial charge is 0.192 e. The van der Waals surface area contributed by atoms with Crippen LogP contribution < -0.4 is 18.9 Å². The van der Waals surface area contributed by atoms with Gasteiger partial charge in [-0.05, 0) is 5.74 Å². The standard InChI is InChI=1S/C6H18BSi.Li/c1-7(2,3)8(4,5)6;/h1-6H3;/q-1;+1. The summed E-state index contributed by atoms with van der Waals surface area (Å²) in [6.45, 7) is 14.5. The van der Waals surface area contributed by atoms with E-state index >= 15 is 0 Å². The van der Waals surface area contributed by atoms with Crippen LogP contribution >= 0.6 is 0 Å². The van der Waals surface area contributed by atoms with Crippen LogP contribution in [0, 0.1) is 0 Å². The summed E-state index contributed by atoms with van der Waals surface area (Å²) < 4.78 is 0. The molecule has 0 rings (SSSR count). The molecule has 0 radical (unpaired) electrons. The fourth-order valence-corrected chi connectivity index (χ4v) is 0. The largest absolute Gasteiger partial charge is 1.00 e. The number of hydrogen-bond acceptors (Lipinski definition) is 0. The van der Waals surface area contributed by atoms with E-state index < -0.39 is 7.94 Å². The molecule has 50 valence electrons. The first-order valence-electron chi connectivity index (χ1n) is 3.52. The third-order valence-electron chi connectivity index (χ3n) is 2.60. The fraction of sp³-hybridized carbons (Fsp3) is 1.00. The molecule has 0 atom stereocenters. The van der Waals surface area contributed by atoms with Crippen molar-refractivity contribution in [3.05, 3.63) is 0 Å². The van der Waals surface area contributed by atoms with Crippen molar-refractivity contribution >= 4 is 13.7 Å². The van der Waals surface area contributed by atoms with E-state index in [0.29, 0.717) is 0 Å². The Balaban J connectivity index is 0. The predicted octanol–water partition coefficient (Wildman–Crippen LogP) is -0.255. The molecular weight excluding hydrogens is 118 g/mol. The first-order valence-corrected chi connectivity index (χ1v) is 7.10. The maximum Gasteiger partial charge on any atom is 1.00 e. The Kier molecular flexibility index (Phi) is 4.63. The third-order valence-corrected chi connectivity index (χ3v) is 7.79. The summed E-state index contributed by atoms with van der Waals surface area (Å²) in [4.78, 5) is 0. The Morgan fingerprint density at radius 2 is 1.00 bits per heavy atom. The van der Waals surface area contributed by atoms with E-state index in [4.69, 9.17) is 0 Å². The van der Waals surface area contributed by atoms with Crippen LogP contribution in [0.1, 0.15) is 0 Å². The van der Waals surface area contributed by atoms with Gasteiger partial charge in [-0.2, -0.15) is 20.5 Å². The number of rotatable bonds is 1. The molecule has 0 saturated carbocycles. The molecule has 0 aromatic carbocycles. The van der Waals surface area contributed by atoms with Gasteiger partial charge in [0, 0.05) is 0 Å². The summed E-state index contributed by atoms with van der Waals surface area (Å²) in [6, 6.07) is 0. The minimum absolute atomic E-state index is 0. The molecule has 0 aromatic heterocycles. The van der Waals surface area contributed by atoms with Crippen molar-refractivity contribution in [1.82, 2.24) is 0 Å². The van der Waals surface area contributed by atoms with Crippen LogP contribution in [0.15, 0.2) is 0 Å². The number of hydrogen-bond donors (Lipinski definition) is 0. The Hall–Kier alpha value is 0.879. The predicted molar refractivity (Wildman–Crippen MR) is 46.7 cm³/mol. The monoisotopic (exact) mass is 136 g/mol. The first kappa shape index (κ1) is 12.5. The molecule has 0 fully saturated rings. The fourth-order valence-electron chi connectivity index (χ4n) is 0. The zero-order valence-corrected chi connectivity index (χ0v) is 9.08. The molecule has 0 saturated heterocycles. The van der Waals surface area contributed by atoms with Gasteiger partial charge in [0.05, 0.1) is 0 Å². The minimum atomic E-state index is -0.796. The van der Waals surface area contributed by atoms with Gasteiger partial charge in [-0.25, -0.2) is 0 Å². The summed E-state index contributed by atoms with van der Waals surface area (Å²) in [5.41, 5.74) is -0.00694. The SMILES string of the molecule is C[B-](C)(C)[Si](C)(C)C.[Li+]. The van der Waals surface area contributed by atoms with Gasteiger partial charge < -0.3 is 0 Å². The molecule has 3 heteroatoms. The molecule has 0 aliphatic heterocycles. The Labute approximate surface area is 72.8 Å². The van der Waals surface area contributed by atoms with Crippen LogP contribution in [0.2, 0.25) is 40.1 Å². The Bertz CT molecular complexity index is 68.0. The normalized spacial score (nSPS) is 12.7. The molecule has 0 amide bonds. The van der Waals surface area contributed by atoms with E-state index in [2.05, 4.69) is 40.1 Å². The van der Waals surface area contributed by atoms with Gasteiger partial charge in [-0.3, -0.25) is 0 Å². The van der Waals surface area contributed by atoms with Gasteiger partial charge in [-0.15, -0.1) is 7.94 Å². The summed E-state index contributed by atoms with van der Waals surface area (Å²) >= 11 is 0. The van der Waals surface area contributed by atoms with E-state index in [1.165, 1.54) is 0 Å². The van der Waals surface area contributed by atoms with Crippen LogP contribution in [0.25, 0.3) is 0 Å². The average molecular weight is 136 g/mol. The Morgan fingerprint density at radius 3 is 1.00 bits per heavy atom. The van der Waals surface area contributed by atoms with Crippen LogP contribution in [0.4, 0.5) is 0 Å². The van der Waals surface area contributed by atoms with Crippen LogP contribution in [-0.2, 0) is 0 Å². The van der Waals surface area contributed by atoms with Gasteiger partial charge in [0.25, 0.3) is 0 Å². The van der Waals surface area contributed by atoms with E-state index in [9.17, 15) is 0 Å².